The van der Waals surface area contributed by atoms with E-state index in [-0.39, 0.29) is 38.8 Å². The number of alkyl halides is 1. The van der Waals surface area contributed by atoms with Crippen molar-refractivity contribution < 1.29 is 28.2 Å². The average Bonchev–Trinajstić information content (AvgIpc) is 2.89. The van der Waals surface area contributed by atoms with Crippen LogP contribution < -0.4 is 4.74 Å². The number of carbonyl (C=O) groups excluding carboxylic acids is 2. The van der Waals surface area contributed by atoms with Crippen LogP contribution in [0.3, 0.4) is 0 Å². The molecule has 130 valence electrons. The lowest BCUT2D eigenvalue weighted by atomic mass is 9.74. The van der Waals surface area contributed by atoms with Gasteiger partial charge in [0.05, 0.1) is 38.9 Å². The van der Waals surface area contributed by atoms with Crippen LogP contribution in [0, 0.1) is 5.41 Å². The second-order valence-electron chi connectivity index (χ2n) is 6.19. The Balaban J connectivity index is 1.85. The molecule has 0 bridgehead atoms. The minimum absolute atomic E-state index is 0.0886. The summed E-state index contributed by atoms with van der Waals surface area (Å²) in [5, 5.41) is 0. The van der Waals surface area contributed by atoms with E-state index >= 15 is 4.39 Å². The average molecular weight is 337 g/mol. The molecule has 3 rings (SSSR count). The van der Waals surface area contributed by atoms with E-state index in [4.69, 9.17) is 14.2 Å². The molecule has 24 heavy (non-hydrogen) atoms. The Morgan fingerprint density at radius 1 is 1.33 bits per heavy atom. The Morgan fingerprint density at radius 3 is 2.67 bits per heavy atom. The van der Waals surface area contributed by atoms with Crippen molar-refractivity contribution in [2.45, 2.75) is 12.6 Å². The van der Waals surface area contributed by atoms with Crippen molar-refractivity contribution in [2.75, 3.05) is 40.0 Å². The maximum atomic E-state index is 15.5. The van der Waals surface area contributed by atoms with Gasteiger partial charge in [0.25, 0.3) is 5.91 Å². The van der Waals surface area contributed by atoms with Crippen LogP contribution in [0.5, 0.6) is 5.75 Å². The molecule has 7 heteroatoms. The third-order valence-corrected chi connectivity index (χ3v) is 4.70. The third kappa shape index (κ3) is 2.43. The summed E-state index contributed by atoms with van der Waals surface area (Å²) in [7, 11) is 1.51. The summed E-state index contributed by atoms with van der Waals surface area (Å²) in [6.45, 7) is 1.71. The Hall–Kier alpha value is -2.15. The monoisotopic (exact) mass is 337 g/mol. The number of methoxy groups -OCH3 is 1. The van der Waals surface area contributed by atoms with Gasteiger partial charge in [-0.05, 0) is 25.1 Å². The summed E-state index contributed by atoms with van der Waals surface area (Å²) in [6, 6.07) is 6.64. The van der Waals surface area contributed by atoms with E-state index in [2.05, 4.69) is 0 Å². The van der Waals surface area contributed by atoms with Gasteiger partial charge in [0.1, 0.15) is 5.75 Å². The van der Waals surface area contributed by atoms with E-state index in [9.17, 15) is 9.59 Å². The highest BCUT2D eigenvalue weighted by atomic mass is 19.1. The minimum atomic E-state index is -2.24. The highest BCUT2D eigenvalue weighted by molar-refractivity contribution is 5.96. The fraction of sp³-hybridized carbons (Fsp3) is 0.529. The molecule has 1 amide bonds. The van der Waals surface area contributed by atoms with Gasteiger partial charge in [-0.3, -0.25) is 4.79 Å². The van der Waals surface area contributed by atoms with Crippen LogP contribution in [-0.2, 0) is 14.3 Å². The number of halogens is 1. The Kier molecular flexibility index (Phi) is 4.21. The largest absolute Gasteiger partial charge is 0.497 e. The smallest absolute Gasteiger partial charge is 0.346 e. The number of likely N-dealkylation sites (tertiary alicyclic amines) is 1. The highest BCUT2D eigenvalue weighted by Crippen LogP contribution is 2.48. The normalized spacial score (nSPS) is 24.5. The molecular formula is C17H20FNO5. The second kappa shape index (κ2) is 6.05. The molecule has 2 saturated heterocycles. The summed E-state index contributed by atoms with van der Waals surface area (Å²) in [5.74, 6) is -0.725. The molecule has 1 atom stereocenters. The molecule has 6 nitrogen and oxygen atoms in total. The van der Waals surface area contributed by atoms with Crippen LogP contribution in [0.2, 0.25) is 0 Å². The fourth-order valence-corrected chi connectivity index (χ4v) is 3.25. The van der Waals surface area contributed by atoms with Crippen molar-refractivity contribution in [3.8, 4) is 5.75 Å². The topological polar surface area (TPSA) is 65.1 Å². The maximum absolute atomic E-state index is 15.5. The number of hydrogen-bond acceptors (Lipinski definition) is 5. The van der Waals surface area contributed by atoms with Crippen molar-refractivity contribution >= 4 is 11.9 Å². The summed E-state index contributed by atoms with van der Waals surface area (Å²) >= 11 is 0. The Labute approximate surface area is 139 Å². The zero-order valence-electron chi connectivity index (χ0n) is 13.7. The zero-order valence-corrected chi connectivity index (χ0v) is 13.7. The molecule has 1 aromatic rings. The number of benzene rings is 1. The van der Waals surface area contributed by atoms with E-state index in [1.54, 1.807) is 31.2 Å². The molecule has 1 spiro atoms. The van der Waals surface area contributed by atoms with Crippen LogP contribution in [0.1, 0.15) is 17.3 Å². The van der Waals surface area contributed by atoms with Crippen LogP contribution in [0.25, 0.3) is 0 Å². The van der Waals surface area contributed by atoms with Crippen LogP contribution in [0.4, 0.5) is 4.39 Å². The SMILES string of the molecule is CCOC(=O)[C@@]1(F)CN(C(=O)c2cccc(OC)c2)CC12COC2. The molecule has 0 radical (unpaired) electrons. The van der Waals surface area contributed by atoms with E-state index in [0.717, 1.165) is 0 Å². The van der Waals surface area contributed by atoms with E-state index < -0.39 is 17.1 Å². The molecule has 0 saturated carbocycles. The minimum Gasteiger partial charge on any atom is -0.497 e. The molecule has 0 N–H and O–H groups in total. The molecule has 2 aliphatic heterocycles. The highest BCUT2D eigenvalue weighted by Gasteiger charge is 2.68. The first-order valence-electron chi connectivity index (χ1n) is 7.83. The lowest BCUT2D eigenvalue weighted by Crippen LogP contribution is -2.61. The fourth-order valence-electron chi connectivity index (χ4n) is 3.25. The predicted molar refractivity (Wildman–Crippen MR) is 82.6 cm³/mol. The van der Waals surface area contributed by atoms with Gasteiger partial charge in [0, 0.05) is 12.1 Å². The van der Waals surface area contributed by atoms with Crippen molar-refractivity contribution in [3.05, 3.63) is 29.8 Å². The first-order valence-corrected chi connectivity index (χ1v) is 7.83. The maximum Gasteiger partial charge on any atom is 0.346 e. The summed E-state index contributed by atoms with van der Waals surface area (Å²) in [6.07, 6.45) is 0. The molecule has 0 aromatic heterocycles. The molecular weight excluding hydrogens is 317 g/mol. The van der Waals surface area contributed by atoms with Crippen molar-refractivity contribution in [1.82, 2.24) is 4.90 Å². The quantitative estimate of drug-likeness (QED) is 0.778. The van der Waals surface area contributed by atoms with Gasteiger partial charge >= 0.3 is 5.97 Å². The van der Waals surface area contributed by atoms with Crippen molar-refractivity contribution in [3.63, 3.8) is 0 Å². The molecule has 1 aromatic carbocycles. The van der Waals surface area contributed by atoms with E-state index in [0.29, 0.717) is 11.3 Å². The van der Waals surface area contributed by atoms with Crippen LogP contribution in [0.15, 0.2) is 24.3 Å². The summed E-state index contributed by atoms with van der Waals surface area (Å²) in [4.78, 5) is 26.2. The van der Waals surface area contributed by atoms with Gasteiger partial charge in [-0.15, -0.1) is 0 Å². The first-order chi connectivity index (χ1) is 11.5. The van der Waals surface area contributed by atoms with Gasteiger partial charge in [-0.1, -0.05) is 6.07 Å². The Bertz CT molecular complexity index is 660. The van der Waals surface area contributed by atoms with Crippen LogP contribution in [-0.4, -0.2) is 62.5 Å². The first kappa shape index (κ1) is 16.7. The number of hydrogen-bond donors (Lipinski definition) is 0. The predicted octanol–water partition coefficient (Wildman–Crippen LogP) is 1.44. The van der Waals surface area contributed by atoms with E-state index in [1.165, 1.54) is 12.0 Å². The third-order valence-electron chi connectivity index (χ3n) is 4.70. The standard InChI is InChI=1S/C17H20FNO5/c1-3-24-15(21)17(18)9-19(8-16(17)10-23-11-16)14(20)12-5-4-6-13(7-12)22-2/h4-7H,3,8-11H2,1-2H3/t17-/m0/s1. The van der Waals surface area contributed by atoms with Gasteiger partial charge < -0.3 is 19.1 Å². The van der Waals surface area contributed by atoms with Gasteiger partial charge in [0.15, 0.2) is 0 Å². The van der Waals surface area contributed by atoms with Gasteiger partial charge in [-0.2, -0.15) is 0 Å². The lowest BCUT2D eigenvalue weighted by Gasteiger charge is -2.43. The lowest BCUT2D eigenvalue weighted by molar-refractivity contribution is -0.196. The molecule has 0 aliphatic carbocycles. The van der Waals surface area contributed by atoms with Gasteiger partial charge in [0.2, 0.25) is 5.67 Å². The van der Waals surface area contributed by atoms with E-state index in [1.807, 2.05) is 0 Å². The van der Waals surface area contributed by atoms with Gasteiger partial charge in [-0.25, -0.2) is 9.18 Å². The zero-order chi connectivity index (χ0) is 17.4. The van der Waals surface area contributed by atoms with Crippen LogP contribution >= 0.6 is 0 Å². The summed E-state index contributed by atoms with van der Waals surface area (Å²) < 4.78 is 30.7. The van der Waals surface area contributed by atoms with Crippen molar-refractivity contribution in [2.24, 2.45) is 5.41 Å². The number of carbonyl (C=O) groups is 2. The molecule has 0 unspecified atom stereocenters. The molecule has 2 fully saturated rings. The number of esters is 1. The second-order valence-corrected chi connectivity index (χ2v) is 6.19. The summed E-state index contributed by atoms with van der Waals surface area (Å²) in [5.41, 5.74) is -2.87. The number of rotatable bonds is 4. The number of nitrogens with zero attached hydrogens (tertiary/aromatic N) is 1. The number of amides is 1. The molecule has 2 aliphatic rings. The van der Waals surface area contributed by atoms with Crippen molar-refractivity contribution in [1.29, 1.82) is 0 Å². The number of ether oxygens (including phenoxy) is 3. The Morgan fingerprint density at radius 2 is 2.08 bits per heavy atom. The molecule has 2 heterocycles.